The van der Waals surface area contributed by atoms with E-state index in [4.69, 9.17) is 4.98 Å². The Bertz CT molecular complexity index is 1370. The molecule has 0 aliphatic heterocycles. The molecule has 0 aliphatic carbocycles. The number of imidazole rings is 2. The monoisotopic (exact) mass is 394 g/mol. The zero-order valence-corrected chi connectivity index (χ0v) is 16.3. The van der Waals surface area contributed by atoms with Crippen molar-refractivity contribution in [2.45, 2.75) is 0 Å². The Balaban J connectivity index is 1.50. The van der Waals surface area contributed by atoms with Crippen molar-refractivity contribution in [3.8, 4) is 33.6 Å². The van der Waals surface area contributed by atoms with E-state index in [0.717, 1.165) is 22.6 Å². The number of nitrogens with zero attached hydrogens (tertiary/aromatic N) is 4. The Hall–Kier alpha value is -4.19. The molecular weight excluding hydrogens is 376 g/mol. The normalized spacial score (nSPS) is 11.1. The van der Waals surface area contributed by atoms with Crippen LogP contribution in [-0.2, 0) is 7.05 Å². The lowest BCUT2D eigenvalue weighted by Crippen LogP contribution is -1.93. The number of nitro groups is 1. The summed E-state index contributed by atoms with van der Waals surface area (Å²) in [6, 6.07) is 25.3. The maximum atomic E-state index is 11.1. The summed E-state index contributed by atoms with van der Waals surface area (Å²) in [6.45, 7) is 0. The van der Waals surface area contributed by atoms with Gasteiger partial charge in [0.05, 0.1) is 16.3 Å². The Morgan fingerprint density at radius 1 is 0.800 bits per heavy atom. The van der Waals surface area contributed by atoms with Crippen molar-refractivity contribution in [3.05, 3.63) is 101 Å². The number of rotatable bonds is 4. The lowest BCUT2D eigenvalue weighted by Gasteiger charge is -2.05. The highest BCUT2D eigenvalue weighted by atomic mass is 16.6. The molecule has 0 amide bonds. The molecule has 30 heavy (non-hydrogen) atoms. The van der Waals surface area contributed by atoms with Crippen LogP contribution in [0.4, 0.5) is 5.69 Å². The van der Waals surface area contributed by atoms with Gasteiger partial charge >= 0.3 is 0 Å². The Morgan fingerprint density at radius 3 is 2.17 bits per heavy atom. The van der Waals surface area contributed by atoms with E-state index in [1.54, 1.807) is 12.1 Å². The zero-order valence-electron chi connectivity index (χ0n) is 16.3. The second-order valence-corrected chi connectivity index (χ2v) is 7.16. The summed E-state index contributed by atoms with van der Waals surface area (Å²) < 4.78 is 3.98. The van der Waals surface area contributed by atoms with Crippen LogP contribution in [-0.4, -0.2) is 18.9 Å². The highest BCUT2D eigenvalue weighted by Gasteiger charge is 2.14. The molecule has 2 aromatic heterocycles. The second-order valence-electron chi connectivity index (χ2n) is 7.16. The summed E-state index contributed by atoms with van der Waals surface area (Å²) in [5.74, 6) is 0.777. The van der Waals surface area contributed by atoms with E-state index >= 15 is 0 Å². The van der Waals surface area contributed by atoms with Crippen molar-refractivity contribution in [1.29, 1.82) is 0 Å². The number of hydrogen-bond donors (Lipinski definition) is 0. The molecule has 0 aliphatic rings. The summed E-state index contributed by atoms with van der Waals surface area (Å²) >= 11 is 0. The van der Waals surface area contributed by atoms with Gasteiger partial charge in [0, 0.05) is 37.1 Å². The van der Waals surface area contributed by atoms with Gasteiger partial charge in [0.2, 0.25) is 5.78 Å². The van der Waals surface area contributed by atoms with Crippen molar-refractivity contribution >= 4 is 11.5 Å². The van der Waals surface area contributed by atoms with E-state index < -0.39 is 4.92 Å². The predicted molar refractivity (Wildman–Crippen MR) is 117 cm³/mol. The molecule has 0 radical (unpaired) electrons. The number of nitro benzene ring substituents is 1. The van der Waals surface area contributed by atoms with Crippen LogP contribution in [0.5, 0.6) is 0 Å². The van der Waals surface area contributed by atoms with Gasteiger partial charge < -0.3 is 4.57 Å². The number of fused-ring (bicyclic) bond motifs is 1. The average Bonchev–Trinajstić information content (AvgIpc) is 3.34. The fourth-order valence-corrected chi connectivity index (χ4v) is 3.70. The molecule has 2 heterocycles. The zero-order chi connectivity index (χ0) is 20.7. The van der Waals surface area contributed by atoms with Crippen molar-refractivity contribution in [2.75, 3.05) is 0 Å². The second kappa shape index (κ2) is 7.00. The van der Waals surface area contributed by atoms with Gasteiger partial charge in [0.1, 0.15) is 0 Å². The number of non-ortho nitro benzene ring substituents is 1. The van der Waals surface area contributed by atoms with Gasteiger partial charge in [-0.05, 0) is 16.7 Å². The van der Waals surface area contributed by atoms with Gasteiger partial charge in [0.25, 0.3) is 5.69 Å². The molecule has 6 heteroatoms. The van der Waals surface area contributed by atoms with E-state index in [9.17, 15) is 10.1 Å². The number of aromatic nitrogens is 3. The van der Waals surface area contributed by atoms with Crippen LogP contribution in [0.15, 0.2) is 91.3 Å². The molecule has 5 rings (SSSR count). The fraction of sp³-hybridized carbons (Fsp3) is 0.0417. The third kappa shape index (κ3) is 3.04. The van der Waals surface area contributed by atoms with E-state index in [2.05, 4.69) is 36.4 Å². The molecule has 0 bridgehead atoms. The first-order valence-corrected chi connectivity index (χ1v) is 9.55. The maximum Gasteiger partial charge on any atom is 0.270 e. The van der Waals surface area contributed by atoms with Crippen LogP contribution in [0.25, 0.3) is 39.4 Å². The third-order valence-electron chi connectivity index (χ3n) is 5.28. The molecule has 0 fully saturated rings. The van der Waals surface area contributed by atoms with Crippen LogP contribution in [0.3, 0.4) is 0 Å². The number of aryl methyl sites for hydroxylation is 1. The van der Waals surface area contributed by atoms with Crippen LogP contribution in [0.2, 0.25) is 0 Å². The molecule has 0 atom stereocenters. The summed E-state index contributed by atoms with van der Waals surface area (Å²) in [4.78, 5) is 15.4. The molecule has 3 aromatic carbocycles. The average molecular weight is 394 g/mol. The highest BCUT2D eigenvalue weighted by molar-refractivity contribution is 5.71. The molecule has 0 unspecified atom stereocenters. The highest BCUT2D eigenvalue weighted by Crippen LogP contribution is 2.28. The van der Waals surface area contributed by atoms with E-state index in [-0.39, 0.29) is 5.69 Å². The predicted octanol–water partition coefficient (Wildman–Crippen LogP) is 5.58. The van der Waals surface area contributed by atoms with Gasteiger partial charge in [-0.25, -0.2) is 4.98 Å². The summed E-state index contributed by atoms with van der Waals surface area (Å²) in [7, 11) is 1.97. The minimum atomic E-state index is -0.392. The lowest BCUT2D eigenvalue weighted by molar-refractivity contribution is -0.384. The first kappa shape index (κ1) is 17.9. The molecule has 0 saturated carbocycles. The lowest BCUT2D eigenvalue weighted by atomic mass is 10.0. The topological polar surface area (TPSA) is 65.4 Å². The summed E-state index contributed by atoms with van der Waals surface area (Å²) in [6.07, 6.45) is 3.93. The molecule has 6 nitrogen and oxygen atoms in total. The largest absolute Gasteiger partial charge is 0.313 e. The summed E-state index contributed by atoms with van der Waals surface area (Å²) in [5.41, 5.74) is 5.99. The van der Waals surface area contributed by atoms with Crippen molar-refractivity contribution < 1.29 is 4.92 Å². The molecule has 0 saturated heterocycles. The Morgan fingerprint density at radius 2 is 1.47 bits per heavy atom. The Labute approximate surface area is 172 Å². The van der Waals surface area contributed by atoms with Gasteiger partial charge in [-0.2, -0.15) is 0 Å². The van der Waals surface area contributed by atoms with Gasteiger partial charge in [-0.1, -0.05) is 66.7 Å². The Kier molecular flexibility index (Phi) is 4.17. The maximum absolute atomic E-state index is 11.1. The first-order chi connectivity index (χ1) is 14.6. The van der Waals surface area contributed by atoms with Gasteiger partial charge in [-0.15, -0.1) is 0 Å². The van der Waals surface area contributed by atoms with Gasteiger partial charge in [0.15, 0.2) is 0 Å². The van der Waals surface area contributed by atoms with E-state index in [1.165, 1.54) is 17.2 Å². The quantitative estimate of drug-likeness (QED) is 0.295. The van der Waals surface area contributed by atoms with Crippen LogP contribution in [0.1, 0.15) is 0 Å². The van der Waals surface area contributed by atoms with Gasteiger partial charge in [-0.3, -0.25) is 14.5 Å². The van der Waals surface area contributed by atoms with Crippen LogP contribution >= 0.6 is 0 Å². The number of benzene rings is 3. The third-order valence-corrected chi connectivity index (χ3v) is 5.28. The molecule has 5 aromatic rings. The molecule has 146 valence electrons. The smallest absolute Gasteiger partial charge is 0.270 e. The minimum Gasteiger partial charge on any atom is -0.313 e. The van der Waals surface area contributed by atoms with E-state index in [0.29, 0.717) is 5.69 Å². The standard InChI is InChI=1S/C24H18N4O2/c1-26-23(19-12-10-18(11-13-19)17-6-3-2-4-7-17)16-27-15-22(25-24(26)27)20-8-5-9-21(14-20)28(29)30/h2-16H,1H3. The van der Waals surface area contributed by atoms with Crippen LogP contribution in [0, 0.1) is 10.1 Å². The SMILES string of the molecule is Cn1c(-c2ccc(-c3ccccc3)cc2)cn2cc(-c3cccc([N+](=O)[O-])c3)nc12. The summed E-state index contributed by atoms with van der Waals surface area (Å²) in [5, 5.41) is 11.1. The fourth-order valence-electron chi connectivity index (χ4n) is 3.70. The van der Waals surface area contributed by atoms with E-state index in [1.807, 2.05) is 52.7 Å². The molecule has 0 spiro atoms. The first-order valence-electron chi connectivity index (χ1n) is 9.55. The van der Waals surface area contributed by atoms with Crippen molar-refractivity contribution in [3.63, 3.8) is 0 Å². The molecular formula is C24H18N4O2. The van der Waals surface area contributed by atoms with Crippen molar-refractivity contribution in [2.24, 2.45) is 7.05 Å². The molecule has 0 N–H and O–H groups in total. The van der Waals surface area contributed by atoms with Crippen LogP contribution < -0.4 is 0 Å². The minimum absolute atomic E-state index is 0.0590. The van der Waals surface area contributed by atoms with Crippen molar-refractivity contribution in [1.82, 2.24) is 14.0 Å². The number of hydrogen-bond acceptors (Lipinski definition) is 3.